The van der Waals surface area contributed by atoms with E-state index in [1.165, 1.54) is 53.6 Å². The molecule has 3 aromatic carbocycles. The summed E-state index contributed by atoms with van der Waals surface area (Å²) in [5, 5.41) is 0. The van der Waals surface area contributed by atoms with Gasteiger partial charge in [0.25, 0.3) is 0 Å². The molecule has 1 aromatic heterocycles. The van der Waals surface area contributed by atoms with E-state index in [9.17, 15) is 0 Å². The predicted octanol–water partition coefficient (Wildman–Crippen LogP) is 8.36. The van der Waals surface area contributed by atoms with Crippen LogP contribution in [-0.4, -0.2) is 6.61 Å². The van der Waals surface area contributed by atoms with Crippen LogP contribution in [0.4, 0.5) is 0 Å². The van der Waals surface area contributed by atoms with Crippen LogP contribution >= 0.6 is 0 Å². The largest absolute Gasteiger partial charge is 0.494 e. The van der Waals surface area contributed by atoms with Gasteiger partial charge in [0, 0.05) is 16.7 Å². The monoisotopic (exact) mass is 462 g/mol. The molecule has 0 amide bonds. The SMILES string of the molecule is CCCCCCCOc1ccc(/C=C/c2cc(-c3ccccc3)c[n+](C)c2-c2ccccc2)cc1. The zero-order valence-electron chi connectivity index (χ0n) is 21.0. The van der Waals surface area contributed by atoms with Gasteiger partial charge in [-0.3, -0.25) is 0 Å². The van der Waals surface area contributed by atoms with E-state index >= 15 is 0 Å². The number of rotatable bonds is 11. The summed E-state index contributed by atoms with van der Waals surface area (Å²) in [6.45, 7) is 3.04. The van der Waals surface area contributed by atoms with Crippen LogP contribution in [0.2, 0.25) is 0 Å². The van der Waals surface area contributed by atoms with Crippen molar-refractivity contribution in [2.45, 2.75) is 39.0 Å². The van der Waals surface area contributed by atoms with Gasteiger partial charge in [0.2, 0.25) is 5.69 Å². The summed E-state index contributed by atoms with van der Waals surface area (Å²) in [4.78, 5) is 0. The van der Waals surface area contributed by atoms with Crippen LogP contribution in [0.25, 0.3) is 34.5 Å². The van der Waals surface area contributed by atoms with E-state index in [0.717, 1.165) is 24.3 Å². The van der Waals surface area contributed by atoms with Crippen molar-refractivity contribution in [3.63, 3.8) is 0 Å². The van der Waals surface area contributed by atoms with Crippen LogP contribution in [0.15, 0.2) is 97.2 Å². The summed E-state index contributed by atoms with van der Waals surface area (Å²) in [7, 11) is 2.13. The van der Waals surface area contributed by atoms with E-state index in [1.807, 2.05) is 0 Å². The maximum absolute atomic E-state index is 5.93. The van der Waals surface area contributed by atoms with Gasteiger partial charge in [-0.15, -0.1) is 0 Å². The van der Waals surface area contributed by atoms with Crippen LogP contribution in [-0.2, 0) is 7.05 Å². The van der Waals surface area contributed by atoms with Gasteiger partial charge in [-0.05, 0) is 54.0 Å². The normalized spacial score (nSPS) is 11.1. The minimum absolute atomic E-state index is 0.794. The van der Waals surface area contributed by atoms with Crippen LogP contribution in [0.1, 0.15) is 50.2 Å². The lowest BCUT2D eigenvalue weighted by atomic mass is 9.99. The summed E-state index contributed by atoms with van der Waals surface area (Å²) in [5.74, 6) is 0.945. The van der Waals surface area contributed by atoms with Gasteiger partial charge in [-0.2, -0.15) is 4.57 Å². The van der Waals surface area contributed by atoms with Crippen LogP contribution in [0.3, 0.4) is 0 Å². The number of unbranched alkanes of at least 4 members (excludes halogenated alkanes) is 4. The quantitative estimate of drug-likeness (QED) is 0.161. The lowest BCUT2D eigenvalue weighted by Crippen LogP contribution is -2.31. The Bertz CT molecular complexity index is 1210. The second kappa shape index (κ2) is 12.7. The molecule has 178 valence electrons. The molecule has 2 nitrogen and oxygen atoms in total. The number of hydrogen-bond donors (Lipinski definition) is 0. The molecular weight excluding hydrogens is 426 g/mol. The molecule has 0 N–H and O–H groups in total. The van der Waals surface area contributed by atoms with Crippen molar-refractivity contribution in [1.29, 1.82) is 0 Å². The lowest BCUT2D eigenvalue weighted by molar-refractivity contribution is -0.660. The fourth-order valence-electron chi connectivity index (χ4n) is 4.39. The number of aromatic nitrogens is 1. The predicted molar refractivity (Wildman–Crippen MR) is 148 cm³/mol. The molecule has 0 fully saturated rings. The van der Waals surface area contributed by atoms with Crippen LogP contribution < -0.4 is 9.30 Å². The minimum Gasteiger partial charge on any atom is -0.494 e. The van der Waals surface area contributed by atoms with Gasteiger partial charge in [0.05, 0.1) is 6.61 Å². The molecule has 2 heteroatoms. The number of nitrogens with zero attached hydrogens (tertiary/aromatic N) is 1. The summed E-state index contributed by atoms with van der Waals surface area (Å²) in [5.41, 5.74) is 7.17. The highest BCUT2D eigenvalue weighted by Crippen LogP contribution is 2.27. The zero-order valence-corrected chi connectivity index (χ0v) is 21.0. The number of aryl methyl sites for hydroxylation is 1. The molecule has 0 saturated carbocycles. The van der Waals surface area contributed by atoms with Crippen molar-refractivity contribution in [3.8, 4) is 28.1 Å². The van der Waals surface area contributed by atoms with Gasteiger partial charge in [0.1, 0.15) is 12.8 Å². The Balaban J connectivity index is 1.54. The van der Waals surface area contributed by atoms with E-state index in [2.05, 4.69) is 128 Å². The summed E-state index contributed by atoms with van der Waals surface area (Å²) >= 11 is 0. The Morgan fingerprint density at radius 1 is 0.686 bits per heavy atom. The van der Waals surface area contributed by atoms with Gasteiger partial charge in [0.15, 0.2) is 6.20 Å². The standard InChI is InChI=1S/C33H36NO/c1-3-4-5-6-13-24-35-32-22-19-27(20-23-32)18-21-30-25-31(28-14-9-7-10-15-28)26-34(2)33(30)29-16-11-8-12-17-29/h7-12,14-23,25-26H,3-6,13,24H2,1-2H3/q+1/b21-18+. The number of benzene rings is 3. The molecule has 35 heavy (non-hydrogen) atoms. The first-order valence-corrected chi connectivity index (χ1v) is 12.8. The third-order valence-electron chi connectivity index (χ3n) is 6.28. The van der Waals surface area contributed by atoms with Crippen molar-refractivity contribution in [3.05, 3.63) is 108 Å². The third-order valence-corrected chi connectivity index (χ3v) is 6.28. The van der Waals surface area contributed by atoms with Crippen molar-refractivity contribution < 1.29 is 9.30 Å². The fraction of sp³-hybridized carbons (Fsp3) is 0.242. The minimum atomic E-state index is 0.794. The van der Waals surface area contributed by atoms with Gasteiger partial charge in [-0.1, -0.05) is 99.3 Å². The highest BCUT2D eigenvalue weighted by molar-refractivity contribution is 5.80. The van der Waals surface area contributed by atoms with Crippen molar-refractivity contribution in [2.24, 2.45) is 7.05 Å². The Labute approximate surface area is 210 Å². The maximum Gasteiger partial charge on any atom is 0.219 e. The van der Waals surface area contributed by atoms with Crippen LogP contribution in [0.5, 0.6) is 5.75 Å². The molecule has 0 bridgehead atoms. The van der Waals surface area contributed by atoms with Crippen molar-refractivity contribution in [1.82, 2.24) is 0 Å². The van der Waals surface area contributed by atoms with Gasteiger partial charge >= 0.3 is 0 Å². The molecule has 0 aliphatic heterocycles. The van der Waals surface area contributed by atoms with Gasteiger partial charge in [-0.25, -0.2) is 0 Å². The van der Waals surface area contributed by atoms with E-state index < -0.39 is 0 Å². The first-order chi connectivity index (χ1) is 17.2. The Morgan fingerprint density at radius 2 is 1.34 bits per heavy atom. The van der Waals surface area contributed by atoms with Gasteiger partial charge < -0.3 is 4.74 Å². The zero-order chi connectivity index (χ0) is 24.3. The molecular formula is C33H36NO+. The third kappa shape index (κ3) is 6.93. The molecule has 4 rings (SSSR count). The smallest absolute Gasteiger partial charge is 0.219 e. The van der Waals surface area contributed by atoms with E-state index in [-0.39, 0.29) is 0 Å². The molecule has 0 radical (unpaired) electrons. The highest BCUT2D eigenvalue weighted by atomic mass is 16.5. The average molecular weight is 463 g/mol. The van der Waals surface area contributed by atoms with E-state index in [0.29, 0.717) is 0 Å². The molecule has 0 atom stereocenters. The number of pyridine rings is 1. The molecule has 0 unspecified atom stereocenters. The van der Waals surface area contributed by atoms with Crippen LogP contribution in [0, 0.1) is 0 Å². The second-order valence-corrected chi connectivity index (χ2v) is 9.04. The fourth-order valence-corrected chi connectivity index (χ4v) is 4.39. The second-order valence-electron chi connectivity index (χ2n) is 9.04. The maximum atomic E-state index is 5.93. The Hall–Kier alpha value is -3.65. The van der Waals surface area contributed by atoms with Crippen molar-refractivity contribution >= 4 is 12.2 Å². The molecule has 0 aliphatic carbocycles. The number of ether oxygens (including phenoxy) is 1. The summed E-state index contributed by atoms with van der Waals surface area (Å²) < 4.78 is 8.16. The molecule has 0 saturated heterocycles. The lowest BCUT2D eigenvalue weighted by Gasteiger charge is -2.09. The molecule has 0 spiro atoms. The van der Waals surface area contributed by atoms with E-state index in [4.69, 9.17) is 4.74 Å². The highest BCUT2D eigenvalue weighted by Gasteiger charge is 2.17. The Morgan fingerprint density at radius 3 is 2.03 bits per heavy atom. The topological polar surface area (TPSA) is 13.1 Å². The summed E-state index contributed by atoms with van der Waals surface area (Å²) in [6, 6.07) is 31.8. The average Bonchev–Trinajstić information content (AvgIpc) is 2.91. The molecule has 1 heterocycles. The Kier molecular flexibility index (Phi) is 8.89. The van der Waals surface area contributed by atoms with Crippen molar-refractivity contribution in [2.75, 3.05) is 6.61 Å². The number of hydrogen-bond acceptors (Lipinski definition) is 1. The molecule has 4 aromatic rings. The first kappa shape index (κ1) is 24.5. The van der Waals surface area contributed by atoms with E-state index in [1.54, 1.807) is 0 Å². The summed E-state index contributed by atoms with van der Waals surface area (Å²) in [6.07, 6.45) is 12.9. The molecule has 0 aliphatic rings. The first-order valence-electron chi connectivity index (χ1n) is 12.8.